The zero-order chi connectivity index (χ0) is 20.0. The number of carbonyl (C=O) groups is 2. The number of hydrogen-bond acceptors (Lipinski definition) is 4. The molecule has 0 radical (unpaired) electrons. The molecule has 0 saturated heterocycles. The molecule has 142 valence electrons. The number of carbonyl (C=O) groups excluding carboxylic acids is 1. The number of nitro groups is 1. The smallest absolute Gasteiger partial charge is 0.338 e. The van der Waals surface area contributed by atoms with Gasteiger partial charge in [0.05, 0.1) is 10.5 Å². The Balaban J connectivity index is 2.34. The van der Waals surface area contributed by atoms with Gasteiger partial charge in [-0.25, -0.2) is 4.79 Å². The molecule has 0 bridgehead atoms. The van der Waals surface area contributed by atoms with E-state index in [1.165, 1.54) is 12.1 Å². The van der Waals surface area contributed by atoms with Gasteiger partial charge in [-0.2, -0.15) is 0 Å². The number of nitro benzene ring substituents is 1. The van der Waals surface area contributed by atoms with Crippen LogP contribution in [0.25, 0.3) is 0 Å². The molecule has 0 spiro atoms. The number of benzene rings is 2. The molecule has 0 heterocycles. The predicted octanol–water partition coefficient (Wildman–Crippen LogP) is 4.54. The number of nitrogens with one attached hydrogen (secondary N) is 1. The van der Waals surface area contributed by atoms with Crippen LogP contribution in [0, 0.1) is 16.0 Å². The SMILES string of the molecule is CCCC(Cc1ccccc1Cl)C(=O)Nc1c(C(=O)O)cccc1[N+](=O)[O-]. The first kappa shape index (κ1) is 20.4. The van der Waals surface area contributed by atoms with Crippen LogP contribution in [0.4, 0.5) is 11.4 Å². The maximum Gasteiger partial charge on any atom is 0.338 e. The number of rotatable bonds is 8. The van der Waals surface area contributed by atoms with Crippen molar-refractivity contribution in [2.24, 2.45) is 5.92 Å². The molecule has 1 unspecified atom stereocenters. The molecule has 1 amide bonds. The number of carboxylic acid groups (broad SMARTS) is 1. The molecule has 0 saturated carbocycles. The van der Waals surface area contributed by atoms with Gasteiger partial charge in [-0.3, -0.25) is 14.9 Å². The second-order valence-electron chi connectivity index (χ2n) is 6.03. The van der Waals surface area contributed by atoms with Gasteiger partial charge >= 0.3 is 5.97 Å². The highest BCUT2D eigenvalue weighted by atomic mass is 35.5. The first-order valence-electron chi connectivity index (χ1n) is 8.40. The van der Waals surface area contributed by atoms with E-state index >= 15 is 0 Å². The van der Waals surface area contributed by atoms with Crippen LogP contribution in [0.5, 0.6) is 0 Å². The van der Waals surface area contributed by atoms with Gasteiger partial charge in [0, 0.05) is 17.0 Å². The number of amides is 1. The molecule has 2 aromatic rings. The third-order valence-electron chi connectivity index (χ3n) is 4.15. The van der Waals surface area contributed by atoms with Gasteiger partial charge in [-0.1, -0.05) is 49.2 Å². The molecule has 1 atom stereocenters. The first-order chi connectivity index (χ1) is 12.8. The number of halogens is 1. The second kappa shape index (κ2) is 9.14. The fraction of sp³-hybridized carbons (Fsp3) is 0.263. The van der Waals surface area contributed by atoms with Crippen LogP contribution >= 0.6 is 11.6 Å². The molecule has 8 heteroatoms. The van der Waals surface area contributed by atoms with Crippen molar-refractivity contribution >= 4 is 34.9 Å². The number of nitrogens with zero attached hydrogens (tertiary/aromatic N) is 1. The Bertz CT molecular complexity index is 837. The molecule has 0 aromatic heterocycles. The Morgan fingerprint density at radius 1 is 1.22 bits per heavy atom. The predicted molar refractivity (Wildman–Crippen MR) is 102 cm³/mol. The van der Waals surface area contributed by atoms with Crippen molar-refractivity contribution in [2.75, 3.05) is 5.32 Å². The Kier molecular flexibility index (Phi) is 6.90. The lowest BCUT2D eigenvalue weighted by molar-refractivity contribution is -0.384. The fourth-order valence-electron chi connectivity index (χ4n) is 2.83. The third kappa shape index (κ3) is 5.04. The van der Waals surface area contributed by atoms with Crippen LogP contribution in [0.1, 0.15) is 35.7 Å². The molecule has 0 fully saturated rings. The van der Waals surface area contributed by atoms with E-state index in [-0.39, 0.29) is 11.3 Å². The Labute approximate surface area is 161 Å². The van der Waals surface area contributed by atoms with E-state index in [0.717, 1.165) is 11.6 Å². The zero-order valence-corrected chi connectivity index (χ0v) is 15.4. The van der Waals surface area contributed by atoms with E-state index in [1.807, 2.05) is 19.1 Å². The van der Waals surface area contributed by atoms with Gasteiger partial charge < -0.3 is 10.4 Å². The third-order valence-corrected chi connectivity index (χ3v) is 4.52. The minimum absolute atomic E-state index is 0.305. The molecule has 0 aliphatic heterocycles. The highest BCUT2D eigenvalue weighted by molar-refractivity contribution is 6.31. The van der Waals surface area contributed by atoms with Gasteiger partial charge in [-0.05, 0) is 30.5 Å². The molecule has 0 aliphatic rings. The number of para-hydroxylation sites is 1. The molecule has 2 N–H and O–H groups in total. The Morgan fingerprint density at radius 3 is 2.52 bits per heavy atom. The Morgan fingerprint density at radius 2 is 1.93 bits per heavy atom. The summed E-state index contributed by atoms with van der Waals surface area (Å²) in [4.78, 5) is 34.8. The standard InChI is InChI=1S/C19H19ClN2O5/c1-2-6-13(11-12-7-3-4-9-15(12)20)18(23)21-17-14(19(24)25)8-5-10-16(17)22(26)27/h3-5,7-10,13H,2,6,11H2,1H3,(H,21,23)(H,24,25). The quantitative estimate of drug-likeness (QED) is 0.507. The van der Waals surface area contributed by atoms with E-state index in [2.05, 4.69) is 5.32 Å². The van der Waals surface area contributed by atoms with Gasteiger partial charge in [-0.15, -0.1) is 0 Å². The number of hydrogen-bond donors (Lipinski definition) is 2. The van der Waals surface area contributed by atoms with E-state index in [1.54, 1.807) is 12.1 Å². The molecule has 2 rings (SSSR count). The lowest BCUT2D eigenvalue weighted by Gasteiger charge is -2.18. The average Bonchev–Trinajstić information content (AvgIpc) is 2.62. The lowest BCUT2D eigenvalue weighted by atomic mass is 9.94. The van der Waals surface area contributed by atoms with E-state index in [0.29, 0.717) is 24.3 Å². The van der Waals surface area contributed by atoms with Crippen molar-refractivity contribution < 1.29 is 19.6 Å². The van der Waals surface area contributed by atoms with Crippen molar-refractivity contribution in [3.8, 4) is 0 Å². The van der Waals surface area contributed by atoms with Gasteiger partial charge in [0.25, 0.3) is 5.69 Å². The minimum Gasteiger partial charge on any atom is -0.478 e. The maximum absolute atomic E-state index is 12.8. The van der Waals surface area contributed by atoms with Gasteiger partial charge in [0.2, 0.25) is 5.91 Å². The fourth-order valence-corrected chi connectivity index (χ4v) is 3.04. The van der Waals surface area contributed by atoms with Gasteiger partial charge in [0.1, 0.15) is 5.69 Å². The summed E-state index contributed by atoms with van der Waals surface area (Å²) in [6, 6.07) is 10.8. The minimum atomic E-state index is -1.35. The highest BCUT2D eigenvalue weighted by Crippen LogP contribution is 2.30. The molecule has 7 nitrogen and oxygen atoms in total. The van der Waals surface area contributed by atoms with Crippen LogP contribution in [-0.4, -0.2) is 21.9 Å². The van der Waals surface area contributed by atoms with Crippen molar-refractivity contribution in [1.29, 1.82) is 0 Å². The monoisotopic (exact) mass is 390 g/mol. The number of anilines is 1. The van der Waals surface area contributed by atoms with Gasteiger partial charge in [0.15, 0.2) is 0 Å². The number of aromatic carboxylic acids is 1. The largest absolute Gasteiger partial charge is 0.478 e. The summed E-state index contributed by atoms with van der Waals surface area (Å²) >= 11 is 6.17. The first-order valence-corrected chi connectivity index (χ1v) is 8.77. The molecular formula is C19H19ClN2O5. The summed E-state index contributed by atoms with van der Waals surface area (Å²) in [6.07, 6.45) is 1.59. The van der Waals surface area contributed by atoms with E-state index < -0.39 is 28.4 Å². The molecular weight excluding hydrogens is 372 g/mol. The lowest BCUT2D eigenvalue weighted by Crippen LogP contribution is -2.26. The molecule has 27 heavy (non-hydrogen) atoms. The highest BCUT2D eigenvalue weighted by Gasteiger charge is 2.26. The second-order valence-corrected chi connectivity index (χ2v) is 6.44. The van der Waals surface area contributed by atoms with Crippen LogP contribution in [0.15, 0.2) is 42.5 Å². The maximum atomic E-state index is 12.8. The van der Waals surface area contributed by atoms with Crippen LogP contribution in [0.3, 0.4) is 0 Å². The molecule has 0 aliphatic carbocycles. The normalized spacial score (nSPS) is 11.6. The average molecular weight is 391 g/mol. The van der Waals surface area contributed by atoms with E-state index in [4.69, 9.17) is 11.6 Å². The summed E-state index contributed by atoms with van der Waals surface area (Å²) < 4.78 is 0. The summed E-state index contributed by atoms with van der Waals surface area (Å²) in [6.45, 7) is 1.92. The Hall–Kier alpha value is -2.93. The zero-order valence-electron chi connectivity index (χ0n) is 14.6. The van der Waals surface area contributed by atoms with Crippen molar-refractivity contribution in [3.63, 3.8) is 0 Å². The van der Waals surface area contributed by atoms with E-state index in [9.17, 15) is 24.8 Å². The summed E-state index contributed by atoms with van der Waals surface area (Å²) in [5, 5.41) is 23.6. The van der Waals surface area contributed by atoms with Crippen molar-refractivity contribution in [1.82, 2.24) is 0 Å². The molecule has 2 aromatic carbocycles. The topological polar surface area (TPSA) is 110 Å². The van der Waals surface area contributed by atoms with Crippen molar-refractivity contribution in [3.05, 3.63) is 68.7 Å². The summed E-state index contributed by atoms with van der Waals surface area (Å²) in [5.41, 5.74) is -0.309. The number of carboxylic acids is 1. The van der Waals surface area contributed by atoms with Crippen LogP contribution < -0.4 is 5.32 Å². The van der Waals surface area contributed by atoms with Crippen molar-refractivity contribution in [2.45, 2.75) is 26.2 Å². The van der Waals surface area contributed by atoms with Crippen LogP contribution in [0.2, 0.25) is 5.02 Å². The van der Waals surface area contributed by atoms with Crippen LogP contribution in [-0.2, 0) is 11.2 Å². The summed E-state index contributed by atoms with van der Waals surface area (Å²) in [5.74, 6) is -2.34. The summed E-state index contributed by atoms with van der Waals surface area (Å²) in [7, 11) is 0.